The monoisotopic (exact) mass is 390 g/mol. The Balaban J connectivity index is 1.42. The number of likely N-dealkylation sites (tertiary alicyclic amines) is 1. The second-order valence-corrected chi connectivity index (χ2v) is 7.74. The van der Waals surface area contributed by atoms with E-state index in [9.17, 15) is 4.79 Å². The van der Waals surface area contributed by atoms with Crippen molar-refractivity contribution < 1.29 is 9.53 Å². The van der Waals surface area contributed by atoms with Gasteiger partial charge in [-0.15, -0.1) is 0 Å². The maximum atomic E-state index is 12.5. The minimum Gasteiger partial charge on any atom is -0.496 e. The van der Waals surface area contributed by atoms with Gasteiger partial charge in [0, 0.05) is 29.4 Å². The Bertz CT molecular complexity index is 1020. The average Bonchev–Trinajstić information content (AvgIpc) is 2.75. The number of ether oxygens (including phenoxy) is 1. The van der Waals surface area contributed by atoms with Crippen molar-refractivity contribution in [3.05, 3.63) is 59.4 Å². The number of ketones is 1. The van der Waals surface area contributed by atoms with Crippen molar-refractivity contribution in [1.82, 2.24) is 19.9 Å². The molecule has 6 heteroatoms. The first-order valence-electron chi connectivity index (χ1n) is 10.0. The van der Waals surface area contributed by atoms with Crippen LogP contribution in [0.4, 0.5) is 0 Å². The summed E-state index contributed by atoms with van der Waals surface area (Å²) in [5.41, 5.74) is 3.54. The number of fused-ring (bicyclic) bond motifs is 1. The molecule has 3 heterocycles. The number of Topliss-reactive ketones (excluding diaryl/α,β-unsaturated/α-hetero) is 1. The van der Waals surface area contributed by atoms with Gasteiger partial charge in [-0.1, -0.05) is 0 Å². The van der Waals surface area contributed by atoms with Crippen LogP contribution in [-0.2, 0) is 0 Å². The molecule has 0 N–H and O–H groups in total. The molecule has 4 rings (SSSR count). The molecule has 0 spiro atoms. The number of hydrogen-bond acceptors (Lipinski definition) is 6. The highest BCUT2D eigenvalue weighted by molar-refractivity contribution is 5.95. The molecule has 0 atom stereocenters. The van der Waals surface area contributed by atoms with Crippen LogP contribution >= 0.6 is 0 Å². The number of carbonyl (C=O) groups excluding carboxylic acids is 1. The molecule has 0 bridgehead atoms. The Morgan fingerprint density at radius 2 is 1.90 bits per heavy atom. The third-order valence-electron chi connectivity index (χ3n) is 5.80. The van der Waals surface area contributed by atoms with Gasteiger partial charge in [-0.05, 0) is 68.9 Å². The van der Waals surface area contributed by atoms with Gasteiger partial charge < -0.3 is 4.74 Å². The van der Waals surface area contributed by atoms with Crippen molar-refractivity contribution in [2.75, 3.05) is 26.7 Å². The van der Waals surface area contributed by atoms with Crippen LogP contribution in [0.15, 0.2) is 36.8 Å². The Kier molecular flexibility index (Phi) is 5.53. The first kappa shape index (κ1) is 19.5. The van der Waals surface area contributed by atoms with Crippen molar-refractivity contribution >= 4 is 16.6 Å². The predicted molar refractivity (Wildman–Crippen MR) is 113 cm³/mol. The number of carbonyl (C=O) groups is 1. The molecule has 3 aromatic rings. The van der Waals surface area contributed by atoms with Gasteiger partial charge in [-0.25, -0.2) is 4.98 Å². The number of aromatic nitrogens is 3. The van der Waals surface area contributed by atoms with Crippen LogP contribution in [0.2, 0.25) is 0 Å². The molecule has 29 heavy (non-hydrogen) atoms. The number of methoxy groups -OCH3 is 1. The van der Waals surface area contributed by atoms with Gasteiger partial charge in [-0.3, -0.25) is 19.7 Å². The van der Waals surface area contributed by atoms with Crippen molar-refractivity contribution in [2.24, 2.45) is 0 Å². The maximum absolute atomic E-state index is 12.5. The van der Waals surface area contributed by atoms with Gasteiger partial charge in [0.2, 0.25) is 0 Å². The van der Waals surface area contributed by atoms with E-state index in [0.29, 0.717) is 18.2 Å². The molecular formula is C23H26N4O2. The molecule has 0 radical (unpaired) electrons. The summed E-state index contributed by atoms with van der Waals surface area (Å²) < 4.78 is 5.46. The lowest BCUT2D eigenvalue weighted by Crippen LogP contribution is -2.37. The lowest BCUT2D eigenvalue weighted by molar-refractivity contribution is 0.0903. The Morgan fingerprint density at radius 3 is 2.59 bits per heavy atom. The number of aryl methyl sites for hydroxylation is 2. The number of pyridine rings is 1. The highest BCUT2D eigenvalue weighted by Gasteiger charge is 2.24. The van der Waals surface area contributed by atoms with Crippen molar-refractivity contribution in [1.29, 1.82) is 0 Å². The Morgan fingerprint density at radius 1 is 1.10 bits per heavy atom. The summed E-state index contributed by atoms with van der Waals surface area (Å²) in [6.45, 7) is 6.11. The van der Waals surface area contributed by atoms with Crippen LogP contribution < -0.4 is 4.74 Å². The summed E-state index contributed by atoms with van der Waals surface area (Å²) in [7, 11) is 1.70. The van der Waals surface area contributed by atoms with Crippen LogP contribution in [-0.4, -0.2) is 52.4 Å². The van der Waals surface area contributed by atoms with Gasteiger partial charge in [0.05, 0.1) is 25.5 Å². The SMILES string of the molecule is COc1ccc2cnc(C3CCN(CC(=O)c4cnc(C)cn4)CC3)cc2c1C. The normalized spacial score (nSPS) is 15.6. The molecule has 1 fully saturated rings. The summed E-state index contributed by atoms with van der Waals surface area (Å²) in [6, 6.07) is 6.26. The zero-order chi connectivity index (χ0) is 20.4. The van der Waals surface area contributed by atoms with Crippen LogP contribution in [0.3, 0.4) is 0 Å². The van der Waals surface area contributed by atoms with E-state index in [1.165, 1.54) is 5.39 Å². The Labute approximate surface area is 171 Å². The molecule has 1 aromatic carbocycles. The molecule has 0 saturated carbocycles. The van der Waals surface area contributed by atoms with Gasteiger partial charge in [-0.2, -0.15) is 0 Å². The topological polar surface area (TPSA) is 68.2 Å². The van der Waals surface area contributed by atoms with E-state index in [0.717, 1.165) is 54.0 Å². The third kappa shape index (κ3) is 4.12. The molecule has 1 aliphatic heterocycles. The molecule has 6 nitrogen and oxygen atoms in total. The van der Waals surface area contributed by atoms with Crippen LogP contribution in [0.1, 0.15) is 46.2 Å². The van der Waals surface area contributed by atoms with Crippen molar-refractivity contribution in [3.63, 3.8) is 0 Å². The minimum atomic E-state index is 0.0301. The lowest BCUT2D eigenvalue weighted by atomic mass is 9.91. The van der Waals surface area contributed by atoms with E-state index in [2.05, 4.69) is 33.9 Å². The van der Waals surface area contributed by atoms with E-state index in [1.54, 1.807) is 19.5 Å². The number of nitrogens with zero attached hydrogens (tertiary/aromatic N) is 4. The van der Waals surface area contributed by atoms with E-state index in [4.69, 9.17) is 9.72 Å². The van der Waals surface area contributed by atoms with E-state index >= 15 is 0 Å². The summed E-state index contributed by atoms with van der Waals surface area (Å²) in [5.74, 6) is 1.35. The fraction of sp³-hybridized carbons (Fsp3) is 0.391. The molecule has 0 unspecified atom stereocenters. The zero-order valence-electron chi connectivity index (χ0n) is 17.2. The van der Waals surface area contributed by atoms with Crippen LogP contribution in [0, 0.1) is 13.8 Å². The first-order valence-corrected chi connectivity index (χ1v) is 10.0. The fourth-order valence-electron chi connectivity index (χ4n) is 4.01. The smallest absolute Gasteiger partial charge is 0.196 e. The lowest BCUT2D eigenvalue weighted by Gasteiger charge is -2.31. The molecule has 1 saturated heterocycles. The van der Waals surface area contributed by atoms with Crippen LogP contribution in [0.25, 0.3) is 10.8 Å². The summed E-state index contributed by atoms with van der Waals surface area (Å²) in [6.07, 6.45) is 7.16. The van der Waals surface area contributed by atoms with E-state index in [-0.39, 0.29) is 5.78 Å². The molecule has 2 aromatic heterocycles. The number of hydrogen-bond donors (Lipinski definition) is 0. The molecule has 1 aliphatic rings. The standard InChI is InChI=1S/C23H26N4O2/c1-15-11-25-21(13-24-15)22(28)14-27-8-6-17(7-9-27)20-10-19-16(2)23(29-3)5-4-18(19)12-26-20/h4-5,10-13,17H,6-9,14H2,1-3H3. The second kappa shape index (κ2) is 8.25. The fourth-order valence-corrected chi connectivity index (χ4v) is 4.01. The predicted octanol–water partition coefficient (Wildman–Crippen LogP) is 3.71. The van der Waals surface area contributed by atoms with Gasteiger partial charge in [0.15, 0.2) is 5.78 Å². The quantitative estimate of drug-likeness (QED) is 0.619. The summed E-state index contributed by atoms with van der Waals surface area (Å²) in [4.78, 5) is 27.7. The van der Waals surface area contributed by atoms with E-state index in [1.807, 2.05) is 19.2 Å². The molecule has 0 amide bonds. The average molecular weight is 390 g/mol. The van der Waals surface area contributed by atoms with Crippen molar-refractivity contribution in [3.8, 4) is 5.75 Å². The third-order valence-corrected chi connectivity index (χ3v) is 5.80. The number of benzene rings is 1. The summed E-state index contributed by atoms with van der Waals surface area (Å²) >= 11 is 0. The van der Waals surface area contributed by atoms with Crippen molar-refractivity contribution in [2.45, 2.75) is 32.6 Å². The molecule has 0 aliphatic carbocycles. The summed E-state index contributed by atoms with van der Waals surface area (Å²) in [5, 5.41) is 2.33. The van der Waals surface area contributed by atoms with Gasteiger partial charge in [0.1, 0.15) is 11.4 Å². The second-order valence-electron chi connectivity index (χ2n) is 7.74. The minimum absolute atomic E-state index is 0.0301. The molecule has 150 valence electrons. The number of piperidine rings is 1. The Hall–Kier alpha value is -2.86. The highest BCUT2D eigenvalue weighted by Crippen LogP contribution is 2.32. The van der Waals surface area contributed by atoms with E-state index < -0.39 is 0 Å². The molecular weight excluding hydrogens is 364 g/mol. The first-order chi connectivity index (χ1) is 14.0. The maximum Gasteiger partial charge on any atom is 0.196 e. The van der Waals surface area contributed by atoms with Gasteiger partial charge in [0.25, 0.3) is 0 Å². The number of rotatable bonds is 5. The largest absolute Gasteiger partial charge is 0.496 e. The highest BCUT2D eigenvalue weighted by atomic mass is 16.5. The zero-order valence-corrected chi connectivity index (χ0v) is 17.2. The van der Waals surface area contributed by atoms with Gasteiger partial charge >= 0.3 is 0 Å². The van der Waals surface area contributed by atoms with Crippen LogP contribution in [0.5, 0.6) is 5.75 Å².